The largest absolute Gasteiger partial charge is 0.487 e. The molecule has 0 spiro atoms. The van der Waals surface area contributed by atoms with Crippen LogP contribution in [-0.4, -0.2) is 16.3 Å². The fourth-order valence-corrected chi connectivity index (χ4v) is 2.87. The van der Waals surface area contributed by atoms with Crippen LogP contribution in [0.4, 0.5) is 5.69 Å². The number of rotatable bonds is 4. The van der Waals surface area contributed by atoms with E-state index in [0.29, 0.717) is 12.3 Å². The van der Waals surface area contributed by atoms with Crippen molar-refractivity contribution in [1.82, 2.24) is 9.78 Å². The topological polar surface area (TPSA) is 62.9 Å². The molecule has 0 aliphatic carbocycles. The second kappa shape index (κ2) is 7.29. The van der Waals surface area contributed by atoms with Gasteiger partial charge in [-0.25, -0.2) is 4.68 Å². The number of para-hydroxylation sites is 1. The highest BCUT2D eigenvalue weighted by molar-refractivity contribution is 5.85. The monoisotopic (exact) mass is 352 g/mol. The highest BCUT2D eigenvalue weighted by Crippen LogP contribution is 2.27. The summed E-state index contributed by atoms with van der Waals surface area (Å²) >= 11 is 0. The van der Waals surface area contributed by atoms with Crippen molar-refractivity contribution in [2.45, 2.75) is 13.0 Å². The fourth-order valence-electron chi connectivity index (χ4n) is 2.87. The second-order valence-electron chi connectivity index (χ2n) is 5.66. The van der Waals surface area contributed by atoms with Crippen LogP contribution in [0.25, 0.3) is 5.69 Å². The first-order valence-electron chi connectivity index (χ1n) is 7.87. The first-order chi connectivity index (χ1) is 11.8. The van der Waals surface area contributed by atoms with Crippen LogP contribution in [0.3, 0.4) is 0 Å². The molecule has 3 aromatic rings. The van der Waals surface area contributed by atoms with Crippen LogP contribution in [0.1, 0.15) is 17.0 Å². The molecular formula is C19H17ClN4O. The summed E-state index contributed by atoms with van der Waals surface area (Å²) in [6.45, 7) is 1.31. The molecule has 0 unspecified atom stereocenters. The average molecular weight is 353 g/mol. The molecule has 0 atom stereocenters. The maximum atomic E-state index is 9.33. The average Bonchev–Trinajstić information content (AvgIpc) is 3.26. The standard InChI is InChI=1S/C19H16N4O.ClH/c20-12-17-11-15(22-23(17)16-4-2-1-3-5-16)13-24-18-6-7-19-14(10-18)8-9-21-19;/h1-7,10-11,21H,8-9,13H2;1H. The van der Waals surface area contributed by atoms with E-state index in [0.717, 1.165) is 30.1 Å². The number of hydrogen-bond acceptors (Lipinski definition) is 4. The highest BCUT2D eigenvalue weighted by atomic mass is 35.5. The molecule has 5 nitrogen and oxygen atoms in total. The molecule has 0 radical (unpaired) electrons. The van der Waals surface area contributed by atoms with E-state index in [2.05, 4.69) is 22.6 Å². The lowest BCUT2D eigenvalue weighted by molar-refractivity contribution is 0.300. The summed E-state index contributed by atoms with van der Waals surface area (Å²) in [7, 11) is 0. The van der Waals surface area contributed by atoms with Crippen molar-refractivity contribution in [2.24, 2.45) is 0 Å². The number of anilines is 1. The van der Waals surface area contributed by atoms with Crippen LogP contribution in [0.5, 0.6) is 5.75 Å². The first-order valence-corrected chi connectivity index (χ1v) is 7.87. The molecule has 0 bridgehead atoms. The first kappa shape index (κ1) is 16.9. The van der Waals surface area contributed by atoms with Gasteiger partial charge in [-0.3, -0.25) is 0 Å². The molecular weight excluding hydrogens is 336 g/mol. The van der Waals surface area contributed by atoms with Gasteiger partial charge < -0.3 is 10.1 Å². The van der Waals surface area contributed by atoms with Gasteiger partial charge in [0.15, 0.2) is 0 Å². The highest BCUT2D eigenvalue weighted by Gasteiger charge is 2.12. The van der Waals surface area contributed by atoms with Gasteiger partial charge in [0.05, 0.1) is 5.69 Å². The summed E-state index contributed by atoms with van der Waals surface area (Å²) in [4.78, 5) is 0. The molecule has 2 aromatic carbocycles. The Morgan fingerprint density at radius 1 is 1.16 bits per heavy atom. The van der Waals surface area contributed by atoms with Crippen molar-refractivity contribution in [3.8, 4) is 17.5 Å². The van der Waals surface area contributed by atoms with E-state index in [9.17, 15) is 5.26 Å². The van der Waals surface area contributed by atoms with Crippen LogP contribution in [0.2, 0.25) is 0 Å². The molecule has 1 aromatic heterocycles. The van der Waals surface area contributed by atoms with Crippen LogP contribution in [0, 0.1) is 11.3 Å². The van der Waals surface area contributed by atoms with Gasteiger partial charge in [-0.1, -0.05) is 18.2 Å². The number of ether oxygens (including phenoxy) is 1. The van der Waals surface area contributed by atoms with Crippen LogP contribution < -0.4 is 10.1 Å². The van der Waals surface area contributed by atoms with Gasteiger partial charge in [-0.2, -0.15) is 10.4 Å². The molecule has 0 amide bonds. The van der Waals surface area contributed by atoms with E-state index in [1.165, 1.54) is 11.3 Å². The number of halogens is 1. The Hall–Kier alpha value is -2.97. The van der Waals surface area contributed by atoms with Gasteiger partial charge in [-0.15, -0.1) is 12.4 Å². The Morgan fingerprint density at radius 3 is 2.80 bits per heavy atom. The number of hydrogen-bond donors (Lipinski definition) is 1. The van der Waals surface area contributed by atoms with Crippen LogP contribution in [0.15, 0.2) is 54.6 Å². The molecule has 1 aliphatic heterocycles. The van der Waals surface area contributed by atoms with E-state index in [-0.39, 0.29) is 12.4 Å². The molecule has 25 heavy (non-hydrogen) atoms. The van der Waals surface area contributed by atoms with E-state index in [1.54, 1.807) is 10.7 Å². The molecule has 1 aliphatic rings. The van der Waals surface area contributed by atoms with Gasteiger partial charge in [0.1, 0.15) is 29.8 Å². The summed E-state index contributed by atoms with van der Waals surface area (Å²) in [5.41, 5.74) is 4.55. The van der Waals surface area contributed by atoms with Crippen molar-refractivity contribution in [1.29, 1.82) is 5.26 Å². The van der Waals surface area contributed by atoms with E-state index >= 15 is 0 Å². The van der Waals surface area contributed by atoms with Gasteiger partial charge >= 0.3 is 0 Å². The minimum Gasteiger partial charge on any atom is -0.487 e. The number of nitrogens with one attached hydrogen (secondary N) is 1. The fraction of sp³-hybridized carbons (Fsp3) is 0.158. The Bertz CT molecular complexity index is 915. The molecule has 6 heteroatoms. The Kier molecular flexibility index (Phi) is 4.92. The SMILES string of the molecule is Cl.N#Cc1cc(COc2ccc3c(c2)CCN3)nn1-c1ccccc1. The molecule has 4 rings (SSSR count). The minimum atomic E-state index is 0. The van der Waals surface area contributed by atoms with Crippen molar-refractivity contribution in [3.63, 3.8) is 0 Å². The molecule has 0 fully saturated rings. The zero-order chi connectivity index (χ0) is 16.4. The third-order valence-corrected chi connectivity index (χ3v) is 4.05. The predicted molar refractivity (Wildman–Crippen MR) is 98.5 cm³/mol. The lowest BCUT2D eigenvalue weighted by Gasteiger charge is -2.06. The maximum Gasteiger partial charge on any atom is 0.144 e. The number of fused-ring (bicyclic) bond motifs is 1. The summed E-state index contributed by atoms with van der Waals surface area (Å²) in [5, 5.41) is 17.2. The molecule has 126 valence electrons. The summed E-state index contributed by atoms with van der Waals surface area (Å²) in [5.74, 6) is 0.824. The lowest BCUT2D eigenvalue weighted by Crippen LogP contribution is -2.01. The van der Waals surface area contributed by atoms with Crippen molar-refractivity contribution in [2.75, 3.05) is 11.9 Å². The Labute approximate surface area is 152 Å². The second-order valence-corrected chi connectivity index (χ2v) is 5.66. The maximum absolute atomic E-state index is 9.33. The molecule has 1 N–H and O–H groups in total. The lowest BCUT2D eigenvalue weighted by atomic mass is 10.1. The van der Waals surface area contributed by atoms with E-state index in [1.807, 2.05) is 42.5 Å². The summed E-state index contributed by atoms with van der Waals surface area (Å²) in [6.07, 6.45) is 1.02. The number of nitriles is 1. The molecule has 2 heterocycles. The predicted octanol–water partition coefficient (Wildman–Crippen LogP) is 3.71. The zero-order valence-corrected chi connectivity index (χ0v) is 14.3. The van der Waals surface area contributed by atoms with Gasteiger partial charge in [0, 0.05) is 18.3 Å². The quantitative estimate of drug-likeness (QED) is 0.777. The number of benzene rings is 2. The van der Waals surface area contributed by atoms with Crippen molar-refractivity contribution >= 4 is 18.1 Å². The zero-order valence-electron chi connectivity index (χ0n) is 13.5. The van der Waals surface area contributed by atoms with Gasteiger partial charge in [0.25, 0.3) is 0 Å². The van der Waals surface area contributed by atoms with E-state index < -0.39 is 0 Å². The Balaban J connectivity index is 0.00000182. The molecule has 0 saturated carbocycles. The third-order valence-electron chi connectivity index (χ3n) is 4.05. The van der Waals surface area contributed by atoms with Crippen molar-refractivity contribution < 1.29 is 4.74 Å². The van der Waals surface area contributed by atoms with Gasteiger partial charge in [0.2, 0.25) is 0 Å². The van der Waals surface area contributed by atoms with Gasteiger partial charge in [-0.05, 0) is 42.3 Å². The van der Waals surface area contributed by atoms with Crippen molar-refractivity contribution in [3.05, 3.63) is 71.5 Å². The third kappa shape index (κ3) is 3.44. The van der Waals surface area contributed by atoms with Crippen LogP contribution >= 0.6 is 12.4 Å². The minimum absolute atomic E-state index is 0. The Morgan fingerprint density at radius 2 is 2.00 bits per heavy atom. The van der Waals surface area contributed by atoms with E-state index in [4.69, 9.17) is 4.74 Å². The summed E-state index contributed by atoms with van der Waals surface area (Å²) < 4.78 is 7.50. The normalized spacial score (nSPS) is 11.8. The molecule has 0 saturated heterocycles. The number of nitrogens with zero attached hydrogens (tertiary/aromatic N) is 3. The summed E-state index contributed by atoms with van der Waals surface area (Å²) in [6, 6.07) is 19.6. The smallest absolute Gasteiger partial charge is 0.144 e. The number of aromatic nitrogens is 2. The van der Waals surface area contributed by atoms with Crippen LogP contribution in [-0.2, 0) is 13.0 Å².